The topological polar surface area (TPSA) is 54.5 Å². The summed E-state index contributed by atoms with van der Waals surface area (Å²) in [7, 11) is 0. The highest BCUT2D eigenvalue weighted by Gasteiger charge is 2.27. The average Bonchev–Trinajstić information content (AvgIpc) is 2.56. The molecule has 0 bridgehead atoms. The lowest BCUT2D eigenvalue weighted by Crippen LogP contribution is -2.48. The predicted octanol–water partition coefficient (Wildman–Crippen LogP) is 2.23. The van der Waals surface area contributed by atoms with Gasteiger partial charge in [0.1, 0.15) is 0 Å². The monoisotopic (exact) mass is 297 g/mol. The lowest BCUT2D eigenvalue weighted by Gasteiger charge is -2.34. The van der Waals surface area contributed by atoms with Gasteiger partial charge >= 0.3 is 0 Å². The minimum absolute atomic E-state index is 0.134. The number of aromatic nitrogens is 1. The van der Waals surface area contributed by atoms with Crippen LogP contribution >= 0.6 is 0 Å². The van der Waals surface area contributed by atoms with Crippen molar-refractivity contribution in [1.82, 2.24) is 4.98 Å². The van der Waals surface area contributed by atoms with Gasteiger partial charge in [-0.25, -0.2) is 0 Å². The van der Waals surface area contributed by atoms with Crippen molar-refractivity contribution in [2.75, 3.05) is 29.9 Å². The molecule has 1 aromatic carbocycles. The largest absolute Gasteiger partial charge is 0.366 e. The molecule has 114 valence electrons. The summed E-state index contributed by atoms with van der Waals surface area (Å²) >= 11 is 0. The van der Waals surface area contributed by atoms with Gasteiger partial charge in [0.25, 0.3) is 5.91 Å². The molecular formula is C17H19N3O2. The summed E-state index contributed by atoms with van der Waals surface area (Å²) in [5.74, 6) is -0.134. The van der Waals surface area contributed by atoms with Gasteiger partial charge < -0.3 is 15.0 Å². The Balaban J connectivity index is 1.66. The fraction of sp³-hybridized carbons (Fsp3) is 0.294. The highest BCUT2D eigenvalue weighted by atomic mass is 16.5. The van der Waals surface area contributed by atoms with Crippen LogP contribution in [0.15, 0.2) is 48.8 Å². The van der Waals surface area contributed by atoms with Gasteiger partial charge in [-0.15, -0.1) is 0 Å². The standard InChI is InChI=1S/C17H19N3O2/c1-13-4-2-6-15(10-13)20-8-9-22-16(12-20)17(21)19-14-5-3-7-18-11-14/h2-7,10-11,16H,8-9,12H2,1H3,(H,19,21)/t16-/m1/s1. The highest BCUT2D eigenvalue weighted by Crippen LogP contribution is 2.19. The number of hydrogen-bond donors (Lipinski definition) is 1. The molecular weight excluding hydrogens is 278 g/mol. The Morgan fingerprint density at radius 3 is 3.05 bits per heavy atom. The van der Waals surface area contributed by atoms with Gasteiger partial charge in [-0.05, 0) is 36.8 Å². The summed E-state index contributed by atoms with van der Waals surface area (Å²) in [4.78, 5) is 18.5. The lowest BCUT2D eigenvalue weighted by atomic mass is 10.1. The molecule has 2 heterocycles. The number of hydrogen-bond acceptors (Lipinski definition) is 4. The molecule has 1 amide bonds. The number of carbonyl (C=O) groups excluding carboxylic acids is 1. The Bertz CT molecular complexity index is 645. The van der Waals surface area contributed by atoms with Crippen LogP contribution in [-0.4, -0.2) is 36.7 Å². The zero-order valence-corrected chi connectivity index (χ0v) is 12.5. The third-order valence-electron chi connectivity index (χ3n) is 3.65. The molecule has 1 fully saturated rings. The third-order valence-corrected chi connectivity index (χ3v) is 3.65. The number of anilines is 2. The average molecular weight is 297 g/mol. The maximum atomic E-state index is 12.3. The molecule has 1 aliphatic heterocycles. The number of nitrogens with zero attached hydrogens (tertiary/aromatic N) is 2. The van der Waals surface area contributed by atoms with Crippen LogP contribution in [0.3, 0.4) is 0 Å². The van der Waals surface area contributed by atoms with Gasteiger partial charge in [-0.1, -0.05) is 12.1 Å². The summed E-state index contributed by atoms with van der Waals surface area (Å²) in [5.41, 5.74) is 3.02. The molecule has 5 heteroatoms. The van der Waals surface area contributed by atoms with Crippen molar-refractivity contribution in [1.29, 1.82) is 0 Å². The zero-order valence-electron chi connectivity index (χ0n) is 12.5. The Hall–Kier alpha value is -2.40. The summed E-state index contributed by atoms with van der Waals surface area (Å²) in [6, 6.07) is 11.9. The van der Waals surface area contributed by atoms with Crippen molar-refractivity contribution >= 4 is 17.3 Å². The molecule has 0 saturated carbocycles. The minimum atomic E-state index is -0.477. The van der Waals surface area contributed by atoms with Crippen molar-refractivity contribution in [2.45, 2.75) is 13.0 Å². The number of aryl methyl sites for hydroxylation is 1. The number of nitrogens with one attached hydrogen (secondary N) is 1. The second-order valence-electron chi connectivity index (χ2n) is 5.38. The van der Waals surface area contributed by atoms with Gasteiger partial charge in [0.2, 0.25) is 0 Å². The van der Waals surface area contributed by atoms with E-state index in [-0.39, 0.29) is 5.91 Å². The molecule has 1 atom stereocenters. The summed E-state index contributed by atoms with van der Waals surface area (Å²) < 4.78 is 5.62. The van der Waals surface area contributed by atoms with E-state index >= 15 is 0 Å². The molecule has 1 aromatic heterocycles. The molecule has 0 spiro atoms. The van der Waals surface area contributed by atoms with Crippen LogP contribution in [0.5, 0.6) is 0 Å². The third kappa shape index (κ3) is 3.43. The molecule has 0 aliphatic carbocycles. The second-order valence-corrected chi connectivity index (χ2v) is 5.38. The van der Waals surface area contributed by atoms with E-state index in [1.807, 2.05) is 12.1 Å². The first-order valence-corrected chi connectivity index (χ1v) is 7.36. The molecule has 2 aromatic rings. The molecule has 1 saturated heterocycles. The van der Waals surface area contributed by atoms with Crippen molar-refractivity contribution in [3.8, 4) is 0 Å². The molecule has 0 radical (unpaired) electrons. The quantitative estimate of drug-likeness (QED) is 0.944. The predicted molar refractivity (Wildman–Crippen MR) is 86.0 cm³/mol. The van der Waals surface area contributed by atoms with Gasteiger partial charge in [-0.2, -0.15) is 0 Å². The number of rotatable bonds is 3. The van der Waals surface area contributed by atoms with Gasteiger partial charge in [0.15, 0.2) is 6.10 Å². The first-order chi connectivity index (χ1) is 10.7. The maximum absolute atomic E-state index is 12.3. The van der Waals surface area contributed by atoms with E-state index in [1.54, 1.807) is 18.5 Å². The van der Waals surface area contributed by atoms with Gasteiger partial charge in [0.05, 0.1) is 25.0 Å². The van der Waals surface area contributed by atoms with E-state index in [0.717, 1.165) is 12.2 Å². The van der Waals surface area contributed by atoms with Gasteiger partial charge in [0, 0.05) is 18.4 Å². The van der Waals surface area contributed by atoms with E-state index in [1.165, 1.54) is 5.56 Å². The summed E-state index contributed by atoms with van der Waals surface area (Å²) in [6.07, 6.45) is 2.82. The SMILES string of the molecule is Cc1cccc(N2CCO[C@@H](C(=O)Nc3cccnc3)C2)c1. The van der Waals surface area contributed by atoms with Crippen LogP contribution in [0.1, 0.15) is 5.56 Å². The van der Waals surface area contributed by atoms with E-state index < -0.39 is 6.10 Å². The summed E-state index contributed by atoms with van der Waals surface area (Å²) in [5, 5.41) is 2.84. The van der Waals surface area contributed by atoms with Crippen molar-refractivity contribution < 1.29 is 9.53 Å². The van der Waals surface area contributed by atoms with Crippen LogP contribution < -0.4 is 10.2 Å². The Kier molecular flexibility index (Phi) is 4.34. The fourth-order valence-electron chi connectivity index (χ4n) is 2.53. The second kappa shape index (κ2) is 6.58. The van der Waals surface area contributed by atoms with E-state index in [0.29, 0.717) is 18.8 Å². The van der Waals surface area contributed by atoms with Gasteiger partial charge in [-0.3, -0.25) is 9.78 Å². The van der Waals surface area contributed by atoms with Crippen LogP contribution in [0.4, 0.5) is 11.4 Å². The summed E-state index contributed by atoms with van der Waals surface area (Å²) in [6.45, 7) is 3.95. The molecule has 5 nitrogen and oxygen atoms in total. The smallest absolute Gasteiger partial charge is 0.255 e. The number of benzene rings is 1. The first kappa shape index (κ1) is 14.5. The minimum Gasteiger partial charge on any atom is -0.366 e. The molecule has 22 heavy (non-hydrogen) atoms. The molecule has 1 N–H and O–H groups in total. The number of pyridine rings is 1. The Labute approximate surface area is 129 Å². The number of morpholine rings is 1. The number of amides is 1. The molecule has 1 aliphatic rings. The Morgan fingerprint density at radius 2 is 2.27 bits per heavy atom. The van der Waals surface area contributed by atoms with Crippen molar-refractivity contribution in [2.24, 2.45) is 0 Å². The van der Waals surface area contributed by atoms with Crippen LogP contribution in [0.25, 0.3) is 0 Å². The van der Waals surface area contributed by atoms with Crippen molar-refractivity contribution in [3.05, 3.63) is 54.4 Å². The fourth-order valence-corrected chi connectivity index (χ4v) is 2.53. The van der Waals surface area contributed by atoms with E-state index in [4.69, 9.17) is 4.74 Å². The molecule has 0 unspecified atom stereocenters. The number of carbonyl (C=O) groups is 1. The molecule has 3 rings (SSSR count). The van der Waals surface area contributed by atoms with Crippen LogP contribution in [0.2, 0.25) is 0 Å². The number of ether oxygens (including phenoxy) is 1. The lowest BCUT2D eigenvalue weighted by molar-refractivity contribution is -0.128. The highest BCUT2D eigenvalue weighted by molar-refractivity contribution is 5.94. The Morgan fingerprint density at radius 1 is 1.36 bits per heavy atom. The van der Waals surface area contributed by atoms with Crippen molar-refractivity contribution in [3.63, 3.8) is 0 Å². The van der Waals surface area contributed by atoms with Crippen LogP contribution in [-0.2, 0) is 9.53 Å². The van der Waals surface area contributed by atoms with Crippen LogP contribution in [0, 0.1) is 6.92 Å². The maximum Gasteiger partial charge on any atom is 0.255 e. The van der Waals surface area contributed by atoms with E-state index in [9.17, 15) is 4.79 Å². The normalized spacial score (nSPS) is 18.0. The van der Waals surface area contributed by atoms with E-state index in [2.05, 4.69) is 40.3 Å². The zero-order chi connectivity index (χ0) is 15.4. The first-order valence-electron chi connectivity index (χ1n) is 7.36.